The molecule has 4 rings (SSSR count). The molecule has 0 N–H and O–H groups in total. The molecule has 0 bridgehead atoms. The van der Waals surface area contributed by atoms with E-state index in [1.807, 2.05) is 69.3 Å². The molecular weight excluding hydrogens is 450 g/mol. The van der Waals surface area contributed by atoms with Crippen LogP contribution in [0.2, 0.25) is 0 Å². The van der Waals surface area contributed by atoms with Crippen LogP contribution < -0.4 is 5.11 Å². The summed E-state index contributed by atoms with van der Waals surface area (Å²) < 4.78 is 5.52. The largest absolute Gasteiger partial charge is 0.872 e. The van der Waals surface area contributed by atoms with Crippen LogP contribution in [0.25, 0.3) is 32.7 Å². The summed E-state index contributed by atoms with van der Waals surface area (Å²) in [6.45, 7) is 8.90. The molecule has 0 aromatic heterocycles. The molecule has 5 nitrogen and oxygen atoms in total. The van der Waals surface area contributed by atoms with E-state index in [1.54, 1.807) is 19.9 Å². The van der Waals surface area contributed by atoms with Gasteiger partial charge in [-0.25, -0.2) is 4.79 Å². The van der Waals surface area contributed by atoms with Crippen LogP contribution in [0.4, 0.5) is 0 Å². The van der Waals surface area contributed by atoms with Crippen LogP contribution in [0.1, 0.15) is 50.5 Å². The minimum absolute atomic E-state index is 0.0170. The average Bonchev–Trinajstić information content (AvgIpc) is 2.84. The maximum absolute atomic E-state index is 13.0. The number of nitriles is 1. The minimum atomic E-state index is -0.870. The van der Waals surface area contributed by atoms with E-state index < -0.39 is 16.8 Å². The van der Waals surface area contributed by atoms with Gasteiger partial charge >= 0.3 is 5.97 Å². The highest BCUT2D eigenvalue weighted by Gasteiger charge is 2.37. The van der Waals surface area contributed by atoms with Gasteiger partial charge in [-0.2, -0.15) is 5.26 Å². The summed E-state index contributed by atoms with van der Waals surface area (Å²) in [4.78, 5) is 25.8. The number of rotatable bonds is 5. The third-order valence-electron chi connectivity index (χ3n) is 6.33. The lowest BCUT2D eigenvalue weighted by Crippen LogP contribution is -2.38. The van der Waals surface area contributed by atoms with E-state index in [-0.39, 0.29) is 23.7 Å². The van der Waals surface area contributed by atoms with Crippen molar-refractivity contribution in [2.45, 2.75) is 34.6 Å². The Labute approximate surface area is 210 Å². The second-order valence-corrected chi connectivity index (χ2v) is 10.7. The molecule has 0 unspecified atom stereocenters. The number of Topliss-reactive ketones (excluding diaryl/α,β-unsaturated/α-hetero) is 1. The summed E-state index contributed by atoms with van der Waals surface area (Å²) in [6.07, 6.45) is 0. The molecule has 4 aromatic carbocycles. The van der Waals surface area contributed by atoms with Crippen LogP contribution in [0, 0.1) is 22.2 Å². The molecule has 4 aromatic rings. The number of carbonyl (C=O) groups is 2. The Kier molecular flexibility index (Phi) is 6.32. The molecule has 36 heavy (non-hydrogen) atoms. The molecule has 0 saturated heterocycles. The van der Waals surface area contributed by atoms with Crippen molar-refractivity contribution in [3.63, 3.8) is 0 Å². The van der Waals surface area contributed by atoms with Gasteiger partial charge < -0.3 is 9.84 Å². The number of ketones is 1. The van der Waals surface area contributed by atoms with Crippen LogP contribution in [0.5, 0.6) is 5.75 Å². The lowest BCUT2D eigenvalue weighted by atomic mass is 9.75. The van der Waals surface area contributed by atoms with Crippen molar-refractivity contribution in [1.29, 1.82) is 5.26 Å². The normalized spacial score (nSPS) is 11.9. The third-order valence-corrected chi connectivity index (χ3v) is 6.33. The number of carbonyl (C=O) groups excluding carboxylic acids is 2. The molecule has 182 valence electrons. The molecule has 0 atom stereocenters. The number of hydrogen-bond donors (Lipinski definition) is 0. The molecule has 0 aliphatic rings. The molecule has 0 fully saturated rings. The first-order chi connectivity index (χ1) is 16.9. The van der Waals surface area contributed by atoms with Crippen molar-refractivity contribution in [2.75, 3.05) is 6.61 Å². The molecule has 5 heteroatoms. The second kappa shape index (κ2) is 9.13. The van der Waals surface area contributed by atoms with E-state index in [0.717, 1.165) is 27.1 Å². The standard InChI is InChI=1S/C31H29NO4/c1-30(2,3)29(35)31(4,5)18-36-28(34)20-14-19(15-21(33)16-20)27-24-12-8-6-10-22(24)26(17-32)23-11-7-9-13-25(23)27/h6-16,33H,18H2,1-5H3/p-1. The molecule has 0 aliphatic carbocycles. The summed E-state index contributed by atoms with van der Waals surface area (Å²) in [5.74, 6) is -1.01. The zero-order chi connectivity index (χ0) is 26.3. The fourth-order valence-corrected chi connectivity index (χ4v) is 4.83. The number of nitrogens with zero attached hydrogens (tertiary/aromatic N) is 1. The first-order valence-corrected chi connectivity index (χ1v) is 11.8. The van der Waals surface area contributed by atoms with Gasteiger partial charge in [0.2, 0.25) is 0 Å². The maximum Gasteiger partial charge on any atom is 0.338 e. The van der Waals surface area contributed by atoms with Crippen LogP contribution in [-0.2, 0) is 9.53 Å². The van der Waals surface area contributed by atoms with Gasteiger partial charge in [-0.3, -0.25) is 4.79 Å². The zero-order valence-corrected chi connectivity index (χ0v) is 21.1. The number of fused-ring (bicyclic) bond motifs is 2. The van der Waals surface area contributed by atoms with Crippen molar-refractivity contribution < 1.29 is 19.4 Å². The van der Waals surface area contributed by atoms with Crippen LogP contribution in [-0.4, -0.2) is 18.4 Å². The molecule has 0 heterocycles. The number of esters is 1. The average molecular weight is 479 g/mol. The number of ether oxygens (including phenoxy) is 1. The van der Waals surface area contributed by atoms with Crippen molar-refractivity contribution in [3.8, 4) is 22.9 Å². The smallest absolute Gasteiger partial charge is 0.338 e. The minimum Gasteiger partial charge on any atom is -0.872 e. The van der Waals surface area contributed by atoms with Gasteiger partial charge in [-0.1, -0.05) is 81.4 Å². The molecular formula is C31H28NO4-. The third kappa shape index (κ3) is 4.55. The highest BCUT2D eigenvalue weighted by atomic mass is 16.5. The Hall–Kier alpha value is -4.17. The Morgan fingerprint density at radius 1 is 0.861 bits per heavy atom. The van der Waals surface area contributed by atoms with Gasteiger partial charge in [-0.15, -0.1) is 5.75 Å². The van der Waals surface area contributed by atoms with Gasteiger partial charge in [0.1, 0.15) is 18.5 Å². The summed E-state index contributed by atoms with van der Waals surface area (Å²) in [6, 6.07) is 21.8. The Morgan fingerprint density at radius 3 is 1.89 bits per heavy atom. The summed E-state index contributed by atoms with van der Waals surface area (Å²) in [7, 11) is 0. The SMILES string of the molecule is CC(C)(C)C(=O)C(C)(C)COC(=O)c1cc([O-])cc(-c2c3ccccc3c(C#N)c3ccccc23)c1. The highest BCUT2D eigenvalue weighted by molar-refractivity contribution is 6.16. The number of benzene rings is 4. The predicted octanol–water partition coefficient (Wildman–Crippen LogP) is 6.40. The summed E-state index contributed by atoms with van der Waals surface area (Å²) in [5, 5.41) is 25.8. The summed E-state index contributed by atoms with van der Waals surface area (Å²) >= 11 is 0. The van der Waals surface area contributed by atoms with E-state index in [1.165, 1.54) is 12.1 Å². The van der Waals surface area contributed by atoms with E-state index in [2.05, 4.69) is 6.07 Å². The van der Waals surface area contributed by atoms with Crippen LogP contribution in [0.15, 0.2) is 66.7 Å². The predicted molar refractivity (Wildman–Crippen MR) is 140 cm³/mol. The first kappa shape index (κ1) is 24.9. The summed E-state index contributed by atoms with van der Waals surface area (Å²) in [5.41, 5.74) is 0.579. The highest BCUT2D eigenvalue weighted by Crippen LogP contribution is 2.40. The topological polar surface area (TPSA) is 90.2 Å². The molecule has 0 amide bonds. The van der Waals surface area contributed by atoms with Gasteiger partial charge in [0, 0.05) is 16.2 Å². The monoisotopic (exact) mass is 478 g/mol. The number of hydrogen-bond acceptors (Lipinski definition) is 5. The van der Waals surface area contributed by atoms with Gasteiger partial charge in [0.25, 0.3) is 0 Å². The second-order valence-electron chi connectivity index (χ2n) is 10.7. The van der Waals surface area contributed by atoms with E-state index in [0.29, 0.717) is 11.1 Å². The lowest BCUT2D eigenvalue weighted by molar-refractivity contribution is -0.268. The van der Waals surface area contributed by atoms with Crippen molar-refractivity contribution in [2.24, 2.45) is 10.8 Å². The Balaban J connectivity index is 1.81. The van der Waals surface area contributed by atoms with Crippen LogP contribution >= 0.6 is 0 Å². The Morgan fingerprint density at radius 2 is 1.39 bits per heavy atom. The van der Waals surface area contributed by atoms with Crippen molar-refractivity contribution in [3.05, 3.63) is 77.9 Å². The lowest BCUT2D eigenvalue weighted by Gasteiger charge is -2.30. The van der Waals surface area contributed by atoms with Crippen molar-refractivity contribution >= 4 is 33.3 Å². The van der Waals surface area contributed by atoms with E-state index >= 15 is 0 Å². The first-order valence-electron chi connectivity index (χ1n) is 11.8. The van der Waals surface area contributed by atoms with E-state index in [9.17, 15) is 20.0 Å². The molecule has 0 radical (unpaired) electrons. The van der Waals surface area contributed by atoms with Gasteiger partial charge in [0.15, 0.2) is 0 Å². The van der Waals surface area contributed by atoms with Crippen LogP contribution in [0.3, 0.4) is 0 Å². The maximum atomic E-state index is 13.0. The molecule has 0 saturated carbocycles. The van der Waals surface area contributed by atoms with E-state index in [4.69, 9.17) is 4.74 Å². The Bertz CT molecular complexity index is 1490. The van der Waals surface area contributed by atoms with Gasteiger partial charge in [0.05, 0.1) is 16.5 Å². The molecule has 0 aliphatic heterocycles. The quantitative estimate of drug-likeness (QED) is 0.244. The zero-order valence-electron chi connectivity index (χ0n) is 21.1. The molecule has 0 spiro atoms. The fraction of sp³-hybridized carbons (Fsp3) is 0.258. The fourth-order valence-electron chi connectivity index (χ4n) is 4.83. The van der Waals surface area contributed by atoms with Gasteiger partial charge in [-0.05, 0) is 41.8 Å². The van der Waals surface area contributed by atoms with Crippen molar-refractivity contribution in [1.82, 2.24) is 0 Å².